The summed E-state index contributed by atoms with van der Waals surface area (Å²) in [6, 6.07) is 6.32. The smallest absolute Gasteiger partial charge is 0.478 e. The molecule has 0 heterocycles. The van der Waals surface area contributed by atoms with Crippen LogP contribution in [-0.4, -0.2) is 23.3 Å². The number of hydrogen-bond donors (Lipinski definition) is 1. The molecule has 1 rings (SSSR count). The standard InChI is InChI=1S/C7H7ClNO2S.C2HCl3O2.Na/c1-6-2-4-7(5-3-6)12(10,11)9-8;3-2(4,5)1(6)7;/h2-5H,1H3;(H,6,7);/q-1;;+1. The van der Waals surface area contributed by atoms with Crippen molar-refractivity contribution in [3.63, 3.8) is 0 Å². The number of aryl methyl sites for hydroxylation is 1. The van der Waals surface area contributed by atoms with Gasteiger partial charge in [-0.1, -0.05) is 52.5 Å². The van der Waals surface area contributed by atoms with E-state index in [4.69, 9.17) is 51.7 Å². The number of nitrogens with zero attached hydrogens (tertiary/aromatic N) is 1. The number of benzene rings is 1. The average Bonchev–Trinajstić information content (AvgIpc) is 2.29. The minimum atomic E-state index is -3.62. The van der Waals surface area contributed by atoms with Gasteiger partial charge in [-0.15, -0.1) is 0 Å². The maximum absolute atomic E-state index is 11.0. The molecule has 1 aromatic rings. The molecular weight excluding hydrogens is 383 g/mol. The van der Waals surface area contributed by atoms with Crippen molar-refractivity contribution in [3.05, 3.63) is 34.1 Å². The monoisotopic (exact) mass is 389 g/mol. The molecule has 0 unspecified atom stereocenters. The van der Waals surface area contributed by atoms with E-state index in [9.17, 15) is 13.2 Å². The topological polar surface area (TPSA) is 85.5 Å². The first kappa shape index (κ1) is 23.0. The summed E-state index contributed by atoms with van der Waals surface area (Å²) in [5, 5.41) is 7.85. The van der Waals surface area contributed by atoms with E-state index in [2.05, 4.69) is 4.24 Å². The third kappa shape index (κ3) is 8.92. The molecule has 0 fully saturated rings. The van der Waals surface area contributed by atoms with Crippen LogP contribution in [0.2, 0.25) is 0 Å². The summed E-state index contributed by atoms with van der Waals surface area (Å²) < 4.78 is 22.6. The van der Waals surface area contributed by atoms with Crippen LogP contribution in [0.15, 0.2) is 29.2 Å². The van der Waals surface area contributed by atoms with Crippen LogP contribution in [0.3, 0.4) is 0 Å². The van der Waals surface area contributed by atoms with Gasteiger partial charge < -0.3 is 9.35 Å². The maximum Gasteiger partial charge on any atom is 1.00 e. The third-order valence-corrected chi connectivity index (χ3v) is 3.73. The van der Waals surface area contributed by atoms with Crippen molar-refractivity contribution < 1.29 is 47.9 Å². The van der Waals surface area contributed by atoms with Gasteiger partial charge in [0.15, 0.2) is 0 Å². The van der Waals surface area contributed by atoms with E-state index in [0.717, 1.165) is 5.56 Å². The van der Waals surface area contributed by atoms with E-state index in [1.54, 1.807) is 12.1 Å². The number of carboxylic acid groups (broad SMARTS) is 1. The van der Waals surface area contributed by atoms with E-state index in [1.807, 2.05) is 6.92 Å². The van der Waals surface area contributed by atoms with Crippen molar-refractivity contribution in [2.24, 2.45) is 0 Å². The van der Waals surface area contributed by atoms with Crippen LogP contribution in [0, 0.1) is 6.92 Å². The van der Waals surface area contributed by atoms with Crippen molar-refractivity contribution in [3.8, 4) is 0 Å². The summed E-state index contributed by atoms with van der Waals surface area (Å²) in [5.41, 5.74) is 0.989. The van der Waals surface area contributed by atoms with E-state index in [-0.39, 0.29) is 34.5 Å². The van der Waals surface area contributed by atoms with Crippen LogP contribution in [0.25, 0.3) is 4.24 Å². The van der Waals surface area contributed by atoms with Crippen molar-refractivity contribution in [1.29, 1.82) is 0 Å². The Morgan fingerprint density at radius 3 is 1.80 bits per heavy atom. The molecule has 20 heavy (non-hydrogen) atoms. The van der Waals surface area contributed by atoms with Gasteiger partial charge in [-0.3, -0.25) is 11.8 Å². The van der Waals surface area contributed by atoms with Crippen LogP contribution >= 0.6 is 46.6 Å². The molecule has 0 aliphatic carbocycles. The van der Waals surface area contributed by atoms with Crippen molar-refractivity contribution in [1.82, 2.24) is 0 Å². The first-order valence-electron chi connectivity index (χ1n) is 4.46. The van der Waals surface area contributed by atoms with Gasteiger partial charge in [0.05, 0.1) is 0 Å². The molecule has 0 saturated carbocycles. The van der Waals surface area contributed by atoms with Crippen molar-refractivity contribution >= 4 is 62.6 Å². The molecule has 0 aromatic heterocycles. The Morgan fingerprint density at radius 2 is 1.55 bits per heavy atom. The van der Waals surface area contributed by atoms with Crippen molar-refractivity contribution in [2.75, 3.05) is 0 Å². The number of sulfonamides is 1. The first-order chi connectivity index (χ1) is 8.50. The van der Waals surface area contributed by atoms with Crippen molar-refractivity contribution in [2.45, 2.75) is 15.6 Å². The molecule has 108 valence electrons. The fourth-order valence-corrected chi connectivity index (χ4v) is 1.55. The zero-order valence-electron chi connectivity index (χ0n) is 10.3. The summed E-state index contributed by atoms with van der Waals surface area (Å²) in [6.45, 7) is 1.87. The van der Waals surface area contributed by atoms with Gasteiger partial charge in [0.25, 0.3) is 3.79 Å². The van der Waals surface area contributed by atoms with Crippen LogP contribution < -0.4 is 29.6 Å². The molecule has 0 spiro atoms. The zero-order valence-corrected chi connectivity index (χ0v) is 16.2. The maximum atomic E-state index is 11.0. The summed E-state index contributed by atoms with van der Waals surface area (Å²) in [4.78, 5) is 9.74. The Bertz CT molecular complexity index is 530. The Balaban J connectivity index is 0. The number of carbonyl (C=O) groups is 1. The third-order valence-electron chi connectivity index (χ3n) is 1.65. The Kier molecular flexibility index (Phi) is 11.2. The zero-order chi connectivity index (χ0) is 15.3. The molecule has 0 bridgehead atoms. The van der Waals surface area contributed by atoms with Crippen LogP contribution in [0.5, 0.6) is 0 Å². The predicted molar refractivity (Wildman–Crippen MR) is 75.5 cm³/mol. The van der Waals surface area contributed by atoms with Gasteiger partial charge in [0.2, 0.25) is 0 Å². The average molecular weight is 391 g/mol. The van der Waals surface area contributed by atoms with Gasteiger partial charge in [0.1, 0.15) is 10.0 Å². The molecule has 0 aliphatic rings. The van der Waals surface area contributed by atoms with E-state index < -0.39 is 19.8 Å². The molecular formula is C9H8Cl4NNaO4S. The molecule has 1 aromatic carbocycles. The summed E-state index contributed by atoms with van der Waals surface area (Å²) >= 11 is 19.3. The second-order valence-electron chi connectivity index (χ2n) is 3.16. The van der Waals surface area contributed by atoms with E-state index >= 15 is 0 Å². The molecule has 11 heteroatoms. The molecule has 0 atom stereocenters. The second kappa shape index (κ2) is 9.71. The Hall–Kier alpha value is 0.760. The minimum absolute atomic E-state index is 0. The van der Waals surface area contributed by atoms with Gasteiger partial charge >= 0.3 is 35.5 Å². The summed E-state index contributed by atoms with van der Waals surface area (Å²) in [7, 11) is -3.62. The molecule has 5 nitrogen and oxygen atoms in total. The predicted octanol–water partition coefficient (Wildman–Crippen LogP) is 0.656. The SMILES string of the molecule is Cc1ccc(S(=O)(=O)[N-]Cl)cc1.O=C(O)C(Cl)(Cl)Cl.[Na+]. The number of hydrogen-bond acceptors (Lipinski definition) is 3. The number of alkyl halides is 3. The van der Waals surface area contributed by atoms with Crippen LogP contribution in [0.4, 0.5) is 0 Å². The Morgan fingerprint density at radius 1 is 1.20 bits per heavy atom. The van der Waals surface area contributed by atoms with Crippen LogP contribution in [0.1, 0.15) is 5.56 Å². The van der Waals surface area contributed by atoms with Gasteiger partial charge in [-0.25, -0.2) is 13.2 Å². The quantitative estimate of drug-likeness (QED) is 0.593. The van der Waals surface area contributed by atoms with E-state index in [1.165, 1.54) is 12.1 Å². The Labute approximate surface area is 159 Å². The molecule has 0 aliphatic heterocycles. The fraction of sp³-hybridized carbons (Fsp3) is 0.222. The van der Waals surface area contributed by atoms with Gasteiger partial charge in [0, 0.05) is 4.90 Å². The number of aliphatic carboxylic acids is 1. The normalized spacial score (nSPS) is 10.8. The minimum Gasteiger partial charge on any atom is -0.478 e. The summed E-state index contributed by atoms with van der Waals surface area (Å²) in [6.07, 6.45) is 0. The van der Waals surface area contributed by atoms with Gasteiger partial charge in [-0.05, 0) is 19.1 Å². The van der Waals surface area contributed by atoms with Gasteiger partial charge in [-0.2, -0.15) is 0 Å². The molecule has 0 radical (unpaired) electrons. The number of rotatable bonds is 2. The fourth-order valence-electron chi connectivity index (χ4n) is 0.750. The second-order valence-corrected chi connectivity index (χ2v) is 7.41. The largest absolute Gasteiger partial charge is 1.00 e. The molecule has 1 N–H and O–H groups in total. The molecule has 0 saturated heterocycles. The summed E-state index contributed by atoms with van der Waals surface area (Å²) in [5.74, 6) is -1.46. The number of carboxylic acids is 1. The van der Waals surface area contributed by atoms with Crippen LogP contribution in [-0.2, 0) is 14.8 Å². The first-order valence-corrected chi connectivity index (χ1v) is 7.37. The molecule has 0 amide bonds. The van der Waals surface area contributed by atoms with E-state index in [0.29, 0.717) is 0 Å². The number of halogens is 4.